The van der Waals surface area contributed by atoms with Crippen molar-refractivity contribution in [3.05, 3.63) is 12.3 Å². The van der Waals surface area contributed by atoms with Crippen molar-refractivity contribution in [3.63, 3.8) is 0 Å². The monoisotopic (exact) mass is 266 g/mol. The SMILES string of the molecule is O=C(O)CCNc1nccc(NC2CCCOC2)n1. The lowest BCUT2D eigenvalue weighted by atomic mass is 10.1. The lowest BCUT2D eigenvalue weighted by Crippen LogP contribution is -2.30. The van der Waals surface area contributed by atoms with E-state index in [-0.39, 0.29) is 12.5 Å². The van der Waals surface area contributed by atoms with Crippen LogP contribution in [0, 0.1) is 0 Å². The lowest BCUT2D eigenvalue weighted by molar-refractivity contribution is -0.136. The van der Waals surface area contributed by atoms with Gasteiger partial charge in [-0.25, -0.2) is 4.98 Å². The largest absolute Gasteiger partial charge is 0.481 e. The zero-order valence-electron chi connectivity index (χ0n) is 10.6. The van der Waals surface area contributed by atoms with Gasteiger partial charge in [-0.15, -0.1) is 0 Å². The van der Waals surface area contributed by atoms with Crippen LogP contribution in [-0.2, 0) is 9.53 Å². The molecule has 0 saturated carbocycles. The number of nitrogens with one attached hydrogen (secondary N) is 2. The minimum absolute atomic E-state index is 0.0392. The highest BCUT2D eigenvalue weighted by molar-refractivity contribution is 5.67. The maximum atomic E-state index is 10.4. The van der Waals surface area contributed by atoms with Crippen molar-refractivity contribution in [1.82, 2.24) is 9.97 Å². The van der Waals surface area contributed by atoms with Gasteiger partial charge >= 0.3 is 5.97 Å². The van der Waals surface area contributed by atoms with Crippen molar-refractivity contribution in [1.29, 1.82) is 0 Å². The van der Waals surface area contributed by atoms with Gasteiger partial charge < -0.3 is 20.5 Å². The van der Waals surface area contributed by atoms with Gasteiger partial charge in [0, 0.05) is 19.3 Å². The summed E-state index contributed by atoms with van der Waals surface area (Å²) in [4.78, 5) is 18.7. The molecule has 1 atom stereocenters. The highest BCUT2D eigenvalue weighted by Gasteiger charge is 2.14. The number of hydrogen-bond donors (Lipinski definition) is 3. The van der Waals surface area contributed by atoms with E-state index in [1.54, 1.807) is 12.3 Å². The molecule has 3 N–H and O–H groups in total. The van der Waals surface area contributed by atoms with E-state index in [0.717, 1.165) is 25.3 Å². The molecule has 104 valence electrons. The van der Waals surface area contributed by atoms with Gasteiger partial charge in [0.05, 0.1) is 19.1 Å². The summed E-state index contributed by atoms with van der Waals surface area (Å²) < 4.78 is 5.39. The minimum atomic E-state index is -0.846. The van der Waals surface area contributed by atoms with Crippen molar-refractivity contribution >= 4 is 17.7 Å². The summed E-state index contributed by atoms with van der Waals surface area (Å²) in [5.41, 5.74) is 0. The van der Waals surface area contributed by atoms with Crippen LogP contribution in [0.1, 0.15) is 19.3 Å². The van der Waals surface area contributed by atoms with Crippen molar-refractivity contribution in [2.45, 2.75) is 25.3 Å². The van der Waals surface area contributed by atoms with E-state index in [2.05, 4.69) is 20.6 Å². The van der Waals surface area contributed by atoms with Gasteiger partial charge in [-0.3, -0.25) is 4.79 Å². The molecule has 1 saturated heterocycles. The van der Waals surface area contributed by atoms with Crippen molar-refractivity contribution in [2.24, 2.45) is 0 Å². The number of carboxylic acid groups (broad SMARTS) is 1. The van der Waals surface area contributed by atoms with E-state index in [1.807, 2.05) is 0 Å². The zero-order valence-corrected chi connectivity index (χ0v) is 10.6. The average molecular weight is 266 g/mol. The number of aliphatic carboxylic acids is 1. The number of ether oxygens (including phenoxy) is 1. The van der Waals surface area contributed by atoms with E-state index in [4.69, 9.17) is 9.84 Å². The fraction of sp³-hybridized carbons (Fsp3) is 0.583. The molecule has 0 bridgehead atoms. The van der Waals surface area contributed by atoms with Crippen LogP contribution in [-0.4, -0.2) is 46.8 Å². The summed E-state index contributed by atoms with van der Waals surface area (Å²) in [5.74, 6) is 0.312. The number of rotatable bonds is 6. The molecule has 0 amide bonds. The van der Waals surface area contributed by atoms with E-state index >= 15 is 0 Å². The molecule has 1 aromatic heterocycles. The third kappa shape index (κ3) is 4.70. The predicted octanol–water partition coefficient (Wildman–Crippen LogP) is 0.954. The predicted molar refractivity (Wildman–Crippen MR) is 70.2 cm³/mol. The molecule has 1 unspecified atom stereocenters. The highest BCUT2D eigenvalue weighted by atomic mass is 16.5. The Labute approximate surface area is 111 Å². The molecule has 1 fully saturated rings. The fourth-order valence-corrected chi connectivity index (χ4v) is 1.87. The molecule has 0 spiro atoms. The van der Waals surface area contributed by atoms with Crippen LogP contribution < -0.4 is 10.6 Å². The molecule has 1 aromatic rings. The topological polar surface area (TPSA) is 96.4 Å². The Morgan fingerprint density at radius 1 is 1.58 bits per heavy atom. The number of anilines is 2. The fourth-order valence-electron chi connectivity index (χ4n) is 1.87. The third-order valence-corrected chi connectivity index (χ3v) is 2.79. The Hall–Kier alpha value is -1.89. The summed E-state index contributed by atoms with van der Waals surface area (Å²) in [6, 6.07) is 2.06. The second-order valence-electron chi connectivity index (χ2n) is 4.39. The Morgan fingerprint density at radius 3 is 3.21 bits per heavy atom. The van der Waals surface area contributed by atoms with Gasteiger partial charge in [0.15, 0.2) is 0 Å². The summed E-state index contributed by atoms with van der Waals surface area (Å²) in [6.45, 7) is 1.82. The smallest absolute Gasteiger partial charge is 0.305 e. The Bertz CT molecular complexity index is 421. The third-order valence-electron chi connectivity index (χ3n) is 2.79. The average Bonchev–Trinajstić information content (AvgIpc) is 2.40. The lowest BCUT2D eigenvalue weighted by Gasteiger charge is -2.23. The van der Waals surface area contributed by atoms with Crippen LogP contribution in [0.2, 0.25) is 0 Å². The van der Waals surface area contributed by atoms with Crippen molar-refractivity contribution in [2.75, 3.05) is 30.4 Å². The van der Waals surface area contributed by atoms with E-state index in [1.165, 1.54) is 0 Å². The molecular formula is C12H18N4O3. The van der Waals surface area contributed by atoms with E-state index in [0.29, 0.717) is 19.1 Å². The molecule has 7 heteroatoms. The second-order valence-corrected chi connectivity index (χ2v) is 4.39. The zero-order chi connectivity index (χ0) is 13.5. The Kier molecular flexibility index (Phi) is 4.91. The summed E-state index contributed by atoms with van der Waals surface area (Å²) in [5, 5.41) is 14.7. The van der Waals surface area contributed by atoms with Crippen LogP contribution in [0.4, 0.5) is 11.8 Å². The van der Waals surface area contributed by atoms with Crippen LogP contribution in [0.3, 0.4) is 0 Å². The Balaban J connectivity index is 1.85. The molecular weight excluding hydrogens is 248 g/mol. The molecule has 0 radical (unpaired) electrons. The molecule has 19 heavy (non-hydrogen) atoms. The number of carboxylic acids is 1. The van der Waals surface area contributed by atoms with Gasteiger partial charge in [0.2, 0.25) is 5.95 Å². The van der Waals surface area contributed by atoms with Crippen LogP contribution in [0.5, 0.6) is 0 Å². The van der Waals surface area contributed by atoms with Crippen LogP contribution in [0.15, 0.2) is 12.3 Å². The molecule has 0 aliphatic carbocycles. The normalized spacial score (nSPS) is 18.8. The van der Waals surface area contributed by atoms with Crippen LogP contribution >= 0.6 is 0 Å². The van der Waals surface area contributed by atoms with Gasteiger partial charge in [0.25, 0.3) is 0 Å². The molecule has 0 aromatic carbocycles. The maximum Gasteiger partial charge on any atom is 0.305 e. The summed E-state index contributed by atoms with van der Waals surface area (Å²) >= 11 is 0. The molecule has 7 nitrogen and oxygen atoms in total. The maximum absolute atomic E-state index is 10.4. The highest BCUT2D eigenvalue weighted by Crippen LogP contribution is 2.13. The first-order chi connectivity index (χ1) is 9.24. The van der Waals surface area contributed by atoms with E-state index in [9.17, 15) is 4.79 Å². The quantitative estimate of drug-likeness (QED) is 0.705. The van der Waals surface area contributed by atoms with Crippen LogP contribution in [0.25, 0.3) is 0 Å². The summed E-state index contributed by atoms with van der Waals surface area (Å²) in [6.07, 6.45) is 3.79. The van der Waals surface area contributed by atoms with Crippen molar-refractivity contribution in [3.8, 4) is 0 Å². The van der Waals surface area contributed by atoms with E-state index < -0.39 is 5.97 Å². The minimum Gasteiger partial charge on any atom is -0.481 e. The van der Waals surface area contributed by atoms with Gasteiger partial charge in [-0.05, 0) is 18.9 Å². The molecule has 2 rings (SSSR count). The Morgan fingerprint density at radius 2 is 2.47 bits per heavy atom. The number of carbonyl (C=O) groups is 1. The van der Waals surface area contributed by atoms with Gasteiger partial charge in [0.1, 0.15) is 5.82 Å². The van der Waals surface area contributed by atoms with Crippen molar-refractivity contribution < 1.29 is 14.6 Å². The number of nitrogens with zero attached hydrogens (tertiary/aromatic N) is 2. The first-order valence-electron chi connectivity index (χ1n) is 6.37. The van der Waals surface area contributed by atoms with Gasteiger partial charge in [-0.2, -0.15) is 4.98 Å². The molecule has 1 aliphatic rings. The van der Waals surface area contributed by atoms with Gasteiger partial charge in [-0.1, -0.05) is 0 Å². The first kappa shape index (κ1) is 13.5. The number of hydrogen-bond acceptors (Lipinski definition) is 6. The first-order valence-corrected chi connectivity index (χ1v) is 6.37. The second kappa shape index (κ2) is 6.89. The summed E-state index contributed by atoms with van der Waals surface area (Å²) in [7, 11) is 0. The molecule has 2 heterocycles. The standard InChI is InChI=1S/C12H18N4O3/c17-11(18)4-6-14-12-13-5-3-10(16-12)15-9-2-1-7-19-8-9/h3,5,9H,1-2,4,6-8H2,(H,17,18)(H2,13,14,15,16). The molecule has 1 aliphatic heterocycles. The number of aromatic nitrogens is 2.